The molecule has 2 rings (SSSR count). The number of nitrogens with one attached hydrogen (secondary N) is 1. The highest BCUT2D eigenvalue weighted by atomic mass is 35.5. The van der Waals surface area contributed by atoms with E-state index < -0.39 is 0 Å². The summed E-state index contributed by atoms with van der Waals surface area (Å²) in [6.45, 7) is 0.103. The van der Waals surface area contributed by atoms with Gasteiger partial charge in [-0.05, 0) is 12.1 Å². The van der Waals surface area contributed by atoms with Gasteiger partial charge in [-0.25, -0.2) is 9.97 Å². The summed E-state index contributed by atoms with van der Waals surface area (Å²) in [7, 11) is 0. The highest BCUT2D eigenvalue weighted by Crippen LogP contribution is 2.04. The van der Waals surface area contributed by atoms with Gasteiger partial charge in [0.2, 0.25) is 5.78 Å². The van der Waals surface area contributed by atoms with Crippen molar-refractivity contribution in [3.63, 3.8) is 0 Å². The molecular weight excluding hydrogens is 240 g/mol. The number of nitrogens with zero attached hydrogens (tertiary/aromatic N) is 3. The van der Waals surface area contributed by atoms with Crippen molar-refractivity contribution in [2.75, 3.05) is 11.9 Å². The number of halogens is 1. The Morgan fingerprint density at radius 2 is 2.24 bits per heavy atom. The monoisotopic (exact) mass is 248 g/mol. The van der Waals surface area contributed by atoms with E-state index >= 15 is 0 Å². The lowest BCUT2D eigenvalue weighted by Gasteiger charge is -2.03. The molecule has 0 radical (unpaired) electrons. The molecular formula is C11H9ClN4O. The molecule has 2 aromatic rings. The summed E-state index contributed by atoms with van der Waals surface area (Å²) in [5, 5.41) is 3.09. The Morgan fingerprint density at radius 1 is 1.35 bits per heavy atom. The molecule has 0 saturated heterocycles. The molecule has 0 spiro atoms. The maximum Gasteiger partial charge on any atom is 0.201 e. The van der Waals surface area contributed by atoms with Crippen LogP contribution >= 0.6 is 11.6 Å². The van der Waals surface area contributed by atoms with Gasteiger partial charge < -0.3 is 5.32 Å². The van der Waals surface area contributed by atoms with Crippen molar-refractivity contribution in [2.24, 2.45) is 0 Å². The maximum atomic E-state index is 11.7. The van der Waals surface area contributed by atoms with Crippen LogP contribution in [0.15, 0.2) is 36.8 Å². The van der Waals surface area contributed by atoms with Crippen LogP contribution < -0.4 is 5.32 Å². The van der Waals surface area contributed by atoms with Gasteiger partial charge in [0.25, 0.3) is 0 Å². The number of carbonyl (C=O) groups excluding carboxylic acids is 1. The standard InChI is InChI=1S/C11H9ClN4O/c12-10-7-13-5-8(16-10)9(17)6-15-11-3-1-2-4-14-11/h1-5,7H,6H2,(H,14,15). The summed E-state index contributed by atoms with van der Waals surface area (Å²) in [6, 6.07) is 5.41. The van der Waals surface area contributed by atoms with Crippen LogP contribution in [0.25, 0.3) is 0 Å². The first-order valence-electron chi connectivity index (χ1n) is 4.91. The van der Waals surface area contributed by atoms with Gasteiger partial charge in [0.05, 0.1) is 18.9 Å². The molecule has 1 N–H and O–H groups in total. The molecule has 5 nitrogen and oxygen atoms in total. The molecule has 0 saturated carbocycles. The van der Waals surface area contributed by atoms with Crippen LogP contribution in [0.2, 0.25) is 5.15 Å². The van der Waals surface area contributed by atoms with Crippen LogP contribution in [0.4, 0.5) is 5.82 Å². The Labute approximate surface area is 103 Å². The largest absolute Gasteiger partial charge is 0.363 e. The molecule has 6 heteroatoms. The zero-order valence-corrected chi connectivity index (χ0v) is 9.55. The molecule has 0 aliphatic heterocycles. The number of rotatable bonds is 4. The molecule has 0 unspecified atom stereocenters. The van der Waals surface area contributed by atoms with Crippen molar-refractivity contribution in [3.05, 3.63) is 47.6 Å². The second-order valence-electron chi connectivity index (χ2n) is 3.22. The topological polar surface area (TPSA) is 67.8 Å². The van der Waals surface area contributed by atoms with E-state index in [1.807, 2.05) is 6.07 Å². The van der Waals surface area contributed by atoms with E-state index in [9.17, 15) is 4.79 Å². The molecule has 0 amide bonds. The average molecular weight is 249 g/mol. The summed E-state index contributed by atoms with van der Waals surface area (Å²) in [4.78, 5) is 23.4. The van der Waals surface area contributed by atoms with Crippen LogP contribution in [-0.2, 0) is 0 Å². The minimum Gasteiger partial charge on any atom is -0.363 e. The Hall–Kier alpha value is -2.01. The second kappa shape index (κ2) is 5.36. The molecule has 0 bridgehead atoms. The van der Waals surface area contributed by atoms with Crippen LogP contribution in [0.3, 0.4) is 0 Å². The quantitative estimate of drug-likeness (QED) is 0.836. The number of hydrogen-bond acceptors (Lipinski definition) is 5. The first kappa shape index (κ1) is 11.5. The predicted molar refractivity (Wildman–Crippen MR) is 64.1 cm³/mol. The fraction of sp³-hybridized carbons (Fsp3) is 0.0909. The van der Waals surface area contributed by atoms with Crippen molar-refractivity contribution in [3.8, 4) is 0 Å². The molecule has 0 aliphatic carbocycles. The zero-order chi connectivity index (χ0) is 12.1. The lowest BCUT2D eigenvalue weighted by molar-refractivity contribution is 0.100. The second-order valence-corrected chi connectivity index (χ2v) is 3.61. The molecule has 0 atom stereocenters. The molecule has 17 heavy (non-hydrogen) atoms. The maximum absolute atomic E-state index is 11.7. The lowest BCUT2D eigenvalue weighted by atomic mass is 10.3. The number of anilines is 1. The normalized spacial score (nSPS) is 9.94. The molecule has 86 valence electrons. The van der Waals surface area contributed by atoms with E-state index in [1.54, 1.807) is 18.3 Å². The Morgan fingerprint density at radius 3 is 2.94 bits per heavy atom. The first-order chi connectivity index (χ1) is 8.25. The molecule has 2 heterocycles. The van der Waals surface area contributed by atoms with Crippen molar-refractivity contribution < 1.29 is 4.79 Å². The van der Waals surface area contributed by atoms with Gasteiger partial charge in [0.1, 0.15) is 16.7 Å². The van der Waals surface area contributed by atoms with Gasteiger partial charge >= 0.3 is 0 Å². The van der Waals surface area contributed by atoms with Gasteiger partial charge in [0.15, 0.2) is 0 Å². The van der Waals surface area contributed by atoms with Crippen molar-refractivity contribution in [2.45, 2.75) is 0 Å². The third-order valence-corrected chi connectivity index (χ3v) is 2.17. The first-order valence-corrected chi connectivity index (χ1v) is 5.29. The van der Waals surface area contributed by atoms with Crippen molar-refractivity contribution in [1.82, 2.24) is 15.0 Å². The van der Waals surface area contributed by atoms with Crippen LogP contribution in [0.5, 0.6) is 0 Å². The summed E-state index contributed by atoms with van der Waals surface area (Å²) in [6.07, 6.45) is 4.41. The lowest BCUT2D eigenvalue weighted by Crippen LogP contribution is -2.16. The third kappa shape index (κ3) is 3.22. The van der Waals surface area contributed by atoms with E-state index in [4.69, 9.17) is 11.6 Å². The van der Waals surface area contributed by atoms with E-state index in [0.717, 1.165) is 0 Å². The minimum atomic E-state index is -0.189. The molecule has 2 aromatic heterocycles. The fourth-order valence-corrected chi connectivity index (χ4v) is 1.35. The minimum absolute atomic E-state index is 0.103. The number of aromatic nitrogens is 3. The van der Waals surface area contributed by atoms with E-state index in [0.29, 0.717) is 5.82 Å². The van der Waals surface area contributed by atoms with Crippen LogP contribution in [0, 0.1) is 0 Å². The van der Waals surface area contributed by atoms with Gasteiger partial charge in [-0.1, -0.05) is 17.7 Å². The van der Waals surface area contributed by atoms with Gasteiger partial charge in [-0.15, -0.1) is 0 Å². The van der Waals surface area contributed by atoms with E-state index in [-0.39, 0.29) is 23.2 Å². The number of hydrogen-bond donors (Lipinski definition) is 1. The molecule has 0 aliphatic rings. The van der Waals surface area contributed by atoms with Crippen molar-refractivity contribution in [1.29, 1.82) is 0 Å². The third-order valence-electron chi connectivity index (χ3n) is 1.99. The molecule has 0 aromatic carbocycles. The Bertz CT molecular complexity index is 518. The molecule has 0 fully saturated rings. The number of carbonyl (C=O) groups is 1. The predicted octanol–water partition coefficient (Wildman–Crippen LogP) is 1.82. The van der Waals surface area contributed by atoms with Gasteiger partial charge in [-0.2, -0.15) is 0 Å². The van der Waals surface area contributed by atoms with Gasteiger partial charge in [0, 0.05) is 6.20 Å². The smallest absolute Gasteiger partial charge is 0.201 e. The number of Topliss-reactive ketones (excluding diaryl/α,β-unsaturated/α-hetero) is 1. The SMILES string of the molecule is O=C(CNc1ccccn1)c1cncc(Cl)n1. The Balaban J connectivity index is 1.98. The van der Waals surface area contributed by atoms with Crippen LogP contribution in [-0.4, -0.2) is 27.3 Å². The van der Waals surface area contributed by atoms with E-state index in [2.05, 4.69) is 20.3 Å². The number of ketones is 1. The summed E-state index contributed by atoms with van der Waals surface area (Å²) < 4.78 is 0. The highest BCUT2D eigenvalue weighted by Gasteiger charge is 2.08. The number of pyridine rings is 1. The highest BCUT2D eigenvalue weighted by molar-refractivity contribution is 6.29. The summed E-state index contributed by atoms with van der Waals surface area (Å²) in [5.41, 5.74) is 0.237. The summed E-state index contributed by atoms with van der Waals surface area (Å²) >= 11 is 5.65. The van der Waals surface area contributed by atoms with Crippen LogP contribution in [0.1, 0.15) is 10.5 Å². The van der Waals surface area contributed by atoms with E-state index in [1.165, 1.54) is 12.4 Å². The Kier molecular flexibility index (Phi) is 3.62. The summed E-state index contributed by atoms with van der Waals surface area (Å²) in [5.74, 6) is 0.446. The average Bonchev–Trinajstić information content (AvgIpc) is 2.37. The van der Waals surface area contributed by atoms with Crippen molar-refractivity contribution >= 4 is 23.2 Å². The zero-order valence-electron chi connectivity index (χ0n) is 8.80. The van der Waals surface area contributed by atoms with Gasteiger partial charge in [-0.3, -0.25) is 9.78 Å². The fourth-order valence-electron chi connectivity index (χ4n) is 1.21.